The van der Waals surface area contributed by atoms with Gasteiger partial charge in [0.05, 0.1) is 7.11 Å². The Bertz CT molecular complexity index is 201. The molecule has 0 aromatic carbocycles. The molecule has 1 aliphatic rings. The summed E-state index contributed by atoms with van der Waals surface area (Å²) in [5.41, 5.74) is 5.67. The van der Waals surface area contributed by atoms with E-state index in [4.69, 9.17) is 5.73 Å². The van der Waals surface area contributed by atoms with Crippen LogP contribution in [0.3, 0.4) is 0 Å². The van der Waals surface area contributed by atoms with Crippen molar-refractivity contribution in [2.75, 3.05) is 26.7 Å². The van der Waals surface area contributed by atoms with E-state index >= 15 is 0 Å². The number of carbonyl (C=O) groups is 1. The summed E-state index contributed by atoms with van der Waals surface area (Å²) in [4.78, 5) is 13.4. The van der Waals surface area contributed by atoms with Crippen molar-refractivity contribution in [2.45, 2.75) is 32.2 Å². The molecule has 0 aliphatic carbocycles. The third-order valence-electron chi connectivity index (χ3n) is 3.14. The molecule has 0 aromatic heterocycles. The van der Waals surface area contributed by atoms with Gasteiger partial charge in [0.15, 0.2) is 0 Å². The molecule has 0 radical (unpaired) electrons. The second kappa shape index (κ2) is 6.08. The fourth-order valence-electron chi connectivity index (χ4n) is 1.88. The molecule has 0 amide bonds. The number of nitrogens with zero attached hydrogens (tertiary/aromatic N) is 1. The Kier molecular flexibility index (Phi) is 5.05. The van der Waals surface area contributed by atoms with Crippen molar-refractivity contribution in [1.82, 2.24) is 4.90 Å². The lowest BCUT2D eigenvalue weighted by molar-refractivity contribution is -0.142. The summed E-state index contributed by atoms with van der Waals surface area (Å²) < 4.78 is 4.59. The highest BCUT2D eigenvalue weighted by Crippen LogP contribution is 2.16. The molecule has 4 heteroatoms. The third-order valence-corrected chi connectivity index (χ3v) is 3.14. The van der Waals surface area contributed by atoms with Crippen molar-refractivity contribution in [3.05, 3.63) is 0 Å². The van der Waals surface area contributed by atoms with Crippen molar-refractivity contribution in [3.8, 4) is 0 Å². The van der Waals surface area contributed by atoms with Gasteiger partial charge in [0.2, 0.25) is 0 Å². The zero-order valence-electron chi connectivity index (χ0n) is 9.74. The van der Waals surface area contributed by atoms with Crippen molar-refractivity contribution < 1.29 is 9.53 Å². The van der Waals surface area contributed by atoms with E-state index in [0.717, 1.165) is 25.6 Å². The lowest BCUT2D eigenvalue weighted by Crippen LogP contribution is -2.39. The van der Waals surface area contributed by atoms with Gasteiger partial charge in [-0.15, -0.1) is 0 Å². The minimum Gasteiger partial charge on any atom is -0.468 e. The van der Waals surface area contributed by atoms with Crippen molar-refractivity contribution in [3.63, 3.8) is 0 Å². The third kappa shape index (κ3) is 4.18. The first-order valence-electron chi connectivity index (χ1n) is 5.69. The molecule has 1 heterocycles. The molecular formula is C11H22N2O2. The van der Waals surface area contributed by atoms with Crippen LogP contribution in [0.4, 0.5) is 0 Å². The summed E-state index contributed by atoms with van der Waals surface area (Å²) >= 11 is 0. The van der Waals surface area contributed by atoms with E-state index in [1.807, 2.05) is 0 Å². The monoisotopic (exact) mass is 214 g/mol. The van der Waals surface area contributed by atoms with E-state index in [1.165, 1.54) is 20.0 Å². The molecular weight excluding hydrogens is 192 g/mol. The zero-order chi connectivity index (χ0) is 11.3. The number of hydrogen-bond donors (Lipinski definition) is 1. The lowest BCUT2D eigenvalue weighted by atomic mass is 9.99. The van der Waals surface area contributed by atoms with Crippen LogP contribution in [-0.4, -0.2) is 43.7 Å². The second-order valence-electron chi connectivity index (χ2n) is 4.44. The Balaban J connectivity index is 2.17. The Hall–Kier alpha value is -0.610. The van der Waals surface area contributed by atoms with Gasteiger partial charge in [0.25, 0.3) is 0 Å². The van der Waals surface area contributed by atoms with E-state index in [9.17, 15) is 4.79 Å². The van der Waals surface area contributed by atoms with E-state index in [1.54, 1.807) is 0 Å². The minimum absolute atomic E-state index is 0.305. The Morgan fingerprint density at radius 3 is 2.67 bits per heavy atom. The fraction of sp³-hybridized carbons (Fsp3) is 0.909. The van der Waals surface area contributed by atoms with Crippen LogP contribution >= 0.6 is 0 Å². The minimum atomic E-state index is -0.464. The average molecular weight is 214 g/mol. The van der Waals surface area contributed by atoms with E-state index < -0.39 is 6.04 Å². The molecule has 15 heavy (non-hydrogen) atoms. The number of likely N-dealkylation sites (tertiary alicyclic amines) is 1. The fourth-order valence-corrected chi connectivity index (χ4v) is 1.88. The number of methoxy groups -OCH3 is 1. The second-order valence-corrected chi connectivity index (χ2v) is 4.44. The molecule has 1 fully saturated rings. The van der Waals surface area contributed by atoms with Crippen LogP contribution in [0, 0.1) is 5.92 Å². The summed E-state index contributed by atoms with van der Waals surface area (Å²) in [6, 6.07) is -0.464. The Labute approximate surface area is 91.8 Å². The number of esters is 1. The first kappa shape index (κ1) is 12.5. The number of carbonyl (C=O) groups excluding carboxylic acids is 1. The van der Waals surface area contributed by atoms with Crippen molar-refractivity contribution >= 4 is 5.97 Å². The highest BCUT2D eigenvalue weighted by atomic mass is 16.5. The van der Waals surface area contributed by atoms with Crippen LogP contribution in [0.1, 0.15) is 26.2 Å². The first-order chi connectivity index (χ1) is 7.13. The maximum absolute atomic E-state index is 11.1. The maximum Gasteiger partial charge on any atom is 0.322 e. The van der Waals surface area contributed by atoms with E-state index in [2.05, 4.69) is 16.6 Å². The number of rotatable bonds is 4. The molecule has 1 saturated heterocycles. The predicted molar refractivity (Wildman–Crippen MR) is 59.4 cm³/mol. The highest BCUT2D eigenvalue weighted by Gasteiger charge is 2.18. The summed E-state index contributed by atoms with van der Waals surface area (Å²) in [5, 5.41) is 0. The van der Waals surface area contributed by atoms with Crippen LogP contribution in [0.15, 0.2) is 0 Å². The number of hydrogen-bond acceptors (Lipinski definition) is 4. The standard InChI is InChI=1S/C11H22N2O2/c1-9-3-6-13(7-4-9)8-5-10(12)11(14)15-2/h9-10H,3-8,12H2,1-2H3. The first-order valence-corrected chi connectivity index (χ1v) is 5.69. The van der Waals surface area contributed by atoms with Gasteiger partial charge < -0.3 is 15.4 Å². The van der Waals surface area contributed by atoms with Crippen LogP contribution in [0.25, 0.3) is 0 Å². The number of ether oxygens (including phenoxy) is 1. The number of piperidine rings is 1. The van der Waals surface area contributed by atoms with Gasteiger partial charge in [0, 0.05) is 6.54 Å². The molecule has 1 unspecified atom stereocenters. The Morgan fingerprint density at radius 2 is 2.13 bits per heavy atom. The molecule has 1 atom stereocenters. The predicted octanol–water partition coefficient (Wildman–Crippen LogP) is 0.609. The van der Waals surface area contributed by atoms with Crippen molar-refractivity contribution in [2.24, 2.45) is 11.7 Å². The summed E-state index contributed by atoms with van der Waals surface area (Å²) in [6.07, 6.45) is 3.21. The van der Waals surface area contributed by atoms with E-state index in [0.29, 0.717) is 6.42 Å². The SMILES string of the molecule is COC(=O)C(N)CCN1CCC(C)CC1. The van der Waals surface area contributed by atoms with Crippen LogP contribution in [0.5, 0.6) is 0 Å². The molecule has 0 spiro atoms. The molecule has 4 nitrogen and oxygen atoms in total. The molecule has 0 bridgehead atoms. The van der Waals surface area contributed by atoms with Gasteiger partial charge in [-0.2, -0.15) is 0 Å². The molecule has 88 valence electrons. The smallest absolute Gasteiger partial charge is 0.322 e. The largest absolute Gasteiger partial charge is 0.468 e. The van der Waals surface area contributed by atoms with Gasteiger partial charge in [-0.3, -0.25) is 4.79 Å². The van der Waals surface area contributed by atoms with Gasteiger partial charge in [-0.1, -0.05) is 6.92 Å². The maximum atomic E-state index is 11.1. The quantitative estimate of drug-likeness (QED) is 0.697. The molecule has 1 rings (SSSR count). The molecule has 2 N–H and O–H groups in total. The average Bonchev–Trinajstić information content (AvgIpc) is 2.26. The van der Waals surface area contributed by atoms with Crippen LogP contribution in [-0.2, 0) is 9.53 Å². The number of nitrogens with two attached hydrogens (primary N) is 1. The normalized spacial score (nSPS) is 21.3. The summed E-state index contributed by atoms with van der Waals surface area (Å²) in [6.45, 7) is 5.46. The Morgan fingerprint density at radius 1 is 1.53 bits per heavy atom. The van der Waals surface area contributed by atoms with Crippen molar-refractivity contribution in [1.29, 1.82) is 0 Å². The highest BCUT2D eigenvalue weighted by molar-refractivity contribution is 5.75. The lowest BCUT2D eigenvalue weighted by Gasteiger charge is -2.30. The zero-order valence-corrected chi connectivity index (χ0v) is 9.74. The van der Waals surface area contributed by atoms with Gasteiger partial charge >= 0.3 is 5.97 Å². The molecule has 0 saturated carbocycles. The summed E-state index contributed by atoms with van der Waals surface area (Å²) in [7, 11) is 1.38. The van der Waals surface area contributed by atoms with Gasteiger partial charge in [-0.05, 0) is 38.3 Å². The van der Waals surface area contributed by atoms with E-state index in [-0.39, 0.29) is 5.97 Å². The topological polar surface area (TPSA) is 55.6 Å². The van der Waals surface area contributed by atoms with Gasteiger partial charge in [0.1, 0.15) is 6.04 Å². The van der Waals surface area contributed by atoms with Crippen LogP contribution in [0.2, 0.25) is 0 Å². The summed E-state index contributed by atoms with van der Waals surface area (Å²) in [5.74, 6) is 0.538. The molecule has 0 aromatic rings. The molecule has 1 aliphatic heterocycles. The van der Waals surface area contributed by atoms with Crippen LogP contribution < -0.4 is 5.73 Å². The van der Waals surface area contributed by atoms with Gasteiger partial charge in [-0.25, -0.2) is 0 Å².